The van der Waals surface area contributed by atoms with Gasteiger partial charge in [0.05, 0.1) is 4.90 Å². The van der Waals surface area contributed by atoms with Crippen LogP contribution >= 0.6 is 0 Å². The zero-order chi connectivity index (χ0) is 15.3. The van der Waals surface area contributed by atoms with Crippen molar-refractivity contribution in [3.05, 3.63) is 28.8 Å². The van der Waals surface area contributed by atoms with Gasteiger partial charge in [0.25, 0.3) is 0 Å². The molecule has 0 saturated heterocycles. The normalized spacial score (nSPS) is 12.1. The highest BCUT2D eigenvalue weighted by Crippen LogP contribution is 2.19. The lowest BCUT2D eigenvalue weighted by molar-refractivity contribution is 0.309. The molecular formula is C15H26N2O2S. The van der Waals surface area contributed by atoms with Gasteiger partial charge in [-0.3, -0.25) is 0 Å². The Bertz CT molecular complexity index is 549. The van der Waals surface area contributed by atoms with Gasteiger partial charge in [0, 0.05) is 13.1 Å². The third-order valence-corrected chi connectivity index (χ3v) is 5.30. The van der Waals surface area contributed by atoms with Gasteiger partial charge in [-0.2, -0.15) is 0 Å². The second kappa shape index (κ2) is 7.20. The molecule has 1 N–H and O–H groups in total. The molecule has 0 aliphatic rings. The molecule has 0 amide bonds. The van der Waals surface area contributed by atoms with Crippen molar-refractivity contribution in [2.24, 2.45) is 0 Å². The molecule has 4 nitrogen and oxygen atoms in total. The van der Waals surface area contributed by atoms with E-state index in [4.69, 9.17) is 0 Å². The van der Waals surface area contributed by atoms with E-state index < -0.39 is 10.0 Å². The number of hydrogen-bond acceptors (Lipinski definition) is 3. The van der Waals surface area contributed by atoms with Crippen molar-refractivity contribution in [1.82, 2.24) is 9.62 Å². The Labute approximate surface area is 123 Å². The summed E-state index contributed by atoms with van der Waals surface area (Å²) in [4.78, 5) is 2.58. The lowest BCUT2D eigenvalue weighted by Crippen LogP contribution is -2.35. The minimum absolute atomic E-state index is 0.389. The van der Waals surface area contributed by atoms with Crippen LogP contribution in [0.15, 0.2) is 17.0 Å². The van der Waals surface area contributed by atoms with Crippen LogP contribution in [0, 0.1) is 20.8 Å². The van der Waals surface area contributed by atoms with Gasteiger partial charge in [0.2, 0.25) is 10.0 Å². The molecule has 0 unspecified atom stereocenters. The first-order valence-corrected chi connectivity index (χ1v) is 8.60. The summed E-state index contributed by atoms with van der Waals surface area (Å²) in [6.45, 7) is 13.0. The van der Waals surface area contributed by atoms with E-state index in [0.29, 0.717) is 11.4 Å². The van der Waals surface area contributed by atoms with Crippen LogP contribution in [0.25, 0.3) is 0 Å². The van der Waals surface area contributed by atoms with Crippen molar-refractivity contribution in [1.29, 1.82) is 0 Å². The van der Waals surface area contributed by atoms with Crippen molar-refractivity contribution < 1.29 is 8.42 Å². The minimum Gasteiger partial charge on any atom is -0.303 e. The van der Waals surface area contributed by atoms with Crippen LogP contribution in [0.4, 0.5) is 0 Å². The van der Waals surface area contributed by atoms with E-state index in [-0.39, 0.29) is 0 Å². The quantitative estimate of drug-likeness (QED) is 0.840. The average molecular weight is 298 g/mol. The highest BCUT2D eigenvalue weighted by atomic mass is 32.2. The molecule has 0 aliphatic heterocycles. The maximum absolute atomic E-state index is 12.3. The van der Waals surface area contributed by atoms with E-state index in [9.17, 15) is 8.42 Å². The summed E-state index contributed by atoms with van der Waals surface area (Å²) < 4.78 is 27.4. The summed E-state index contributed by atoms with van der Waals surface area (Å²) in [6, 6.07) is 3.68. The second-order valence-corrected chi connectivity index (χ2v) is 6.86. The molecule has 0 fully saturated rings. The van der Waals surface area contributed by atoms with Gasteiger partial charge in [-0.25, -0.2) is 13.1 Å². The zero-order valence-electron chi connectivity index (χ0n) is 13.2. The number of aryl methyl sites for hydroxylation is 3. The SMILES string of the molecule is CCN(CC)CCNS(=O)(=O)c1cc(C)c(C)cc1C. The van der Waals surface area contributed by atoms with E-state index in [1.807, 2.05) is 26.8 Å². The Morgan fingerprint density at radius 1 is 1.00 bits per heavy atom. The second-order valence-electron chi connectivity index (χ2n) is 5.13. The fourth-order valence-electron chi connectivity index (χ4n) is 2.18. The molecule has 114 valence electrons. The number of hydrogen-bond donors (Lipinski definition) is 1. The standard InChI is InChI=1S/C15H26N2O2S/c1-6-17(7-2)9-8-16-20(18,19)15-11-13(4)12(3)10-14(15)5/h10-11,16H,6-9H2,1-5H3. The van der Waals surface area contributed by atoms with Gasteiger partial charge in [-0.05, 0) is 56.6 Å². The van der Waals surface area contributed by atoms with E-state index in [1.54, 1.807) is 6.07 Å². The molecule has 0 heterocycles. The third-order valence-electron chi connectivity index (χ3n) is 3.70. The summed E-state index contributed by atoms with van der Waals surface area (Å²) in [6.07, 6.45) is 0. The maximum Gasteiger partial charge on any atom is 0.240 e. The molecule has 0 atom stereocenters. The summed E-state index contributed by atoms with van der Waals surface area (Å²) in [5.74, 6) is 0. The fourth-order valence-corrected chi connectivity index (χ4v) is 3.51. The van der Waals surface area contributed by atoms with Crippen molar-refractivity contribution in [2.45, 2.75) is 39.5 Å². The topological polar surface area (TPSA) is 49.4 Å². The molecule has 0 aromatic heterocycles. The molecule has 0 radical (unpaired) electrons. The number of sulfonamides is 1. The Morgan fingerprint density at radius 2 is 1.55 bits per heavy atom. The summed E-state index contributed by atoms with van der Waals surface area (Å²) in [5, 5.41) is 0. The first kappa shape index (κ1) is 17.1. The molecule has 5 heteroatoms. The molecule has 0 bridgehead atoms. The first-order valence-electron chi connectivity index (χ1n) is 7.11. The van der Waals surface area contributed by atoms with E-state index >= 15 is 0 Å². The summed E-state index contributed by atoms with van der Waals surface area (Å²) in [5.41, 5.74) is 2.91. The Morgan fingerprint density at radius 3 is 2.10 bits per heavy atom. The Balaban J connectivity index is 2.82. The van der Waals surface area contributed by atoms with E-state index in [2.05, 4.69) is 23.5 Å². The third kappa shape index (κ3) is 4.30. The Kier molecular flexibility index (Phi) is 6.17. The largest absolute Gasteiger partial charge is 0.303 e. The van der Waals surface area contributed by atoms with Gasteiger partial charge < -0.3 is 4.90 Å². The van der Waals surface area contributed by atoms with Crippen LogP contribution in [0.1, 0.15) is 30.5 Å². The molecule has 0 aliphatic carbocycles. The van der Waals surface area contributed by atoms with E-state index in [1.165, 1.54) is 0 Å². The van der Waals surface area contributed by atoms with Crippen LogP contribution in [-0.4, -0.2) is 39.5 Å². The van der Waals surface area contributed by atoms with Gasteiger partial charge in [0.15, 0.2) is 0 Å². The van der Waals surface area contributed by atoms with Gasteiger partial charge in [-0.15, -0.1) is 0 Å². The smallest absolute Gasteiger partial charge is 0.240 e. The van der Waals surface area contributed by atoms with Crippen molar-refractivity contribution in [3.63, 3.8) is 0 Å². The van der Waals surface area contributed by atoms with Crippen LogP contribution in [0.5, 0.6) is 0 Å². The van der Waals surface area contributed by atoms with Crippen molar-refractivity contribution >= 4 is 10.0 Å². The number of rotatable bonds is 7. The molecule has 1 aromatic carbocycles. The summed E-state index contributed by atoms with van der Waals surface area (Å²) >= 11 is 0. The number of nitrogens with one attached hydrogen (secondary N) is 1. The molecule has 1 rings (SSSR count). The molecular weight excluding hydrogens is 272 g/mol. The van der Waals surface area contributed by atoms with Gasteiger partial charge >= 0.3 is 0 Å². The van der Waals surface area contributed by atoms with Crippen molar-refractivity contribution in [2.75, 3.05) is 26.2 Å². The van der Waals surface area contributed by atoms with Crippen LogP contribution in [-0.2, 0) is 10.0 Å². The zero-order valence-corrected chi connectivity index (χ0v) is 14.0. The molecule has 0 saturated carbocycles. The number of nitrogens with zero attached hydrogens (tertiary/aromatic N) is 1. The van der Waals surface area contributed by atoms with Crippen LogP contribution < -0.4 is 4.72 Å². The first-order chi connectivity index (χ1) is 9.31. The predicted molar refractivity (Wildman–Crippen MR) is 83.6 cm³/mol. The minimum atomic E-state index is -3.42. The summed E-state index contributed by atoms with van der Waals surface area (Å²) in [7, 11) is -3.42. The fraction of sp³-hybridized carbons (Fsp3) is 0.600. The molecule has 0 spiro atoms. The molecule has 20 heavy (non-hydrogen) atoms. The van der Waals surface area contributed by atoms with E-state index in [0.717, 1.165) is 36.3 Å². The van der Waals surface area contributed by atoms with Crippen LogP contribution in [0.2, 0.25) is 0 Å². The lowest BCUT2D eigenvalue weighted by atomic mass is 10.1. The monoisotopic (exact) mass is 298 g/mol. The Hall–Kier alpha value is -0.910. The lowest BCUT2D eigenvalue weighted by Gasteiger charge is -2.18. The maximum atomic E-state index is 12.3. The molecule has 1 aromatic rings. The number of likely N-dealkylation sites (N-methyl/N-ethyl adjacent to an activating group) is 1. The van der Waals surface area contributed by atoms with Crippen molar-refractivity contribution in [3.8, 4) is 0 Å². The van der Waals surface area contributed by atoms with Crippen LogP contribution in [0.3, 0.4) is 0 Å². The van der Waals surface area contributed by atoms with Gasteiger partial charge in [0.1, 0.15) is 0 Å². The highest BCUT2D eigenvalue weighted by Gasteiger charge is 2.17. The number of benzene rings is 1. The highest BCUT2D eigenvalue weighted by molar-refractivity contribution is 7.89. The average Bonchev–Trinajstić information content (AvgIpc) is 2.38. The van der Waals surface area contributed by atoms with Gasteiger partial charge in [-0.1, -0.05) is 19.9 Å². The predicted octanol–water partition coefficient (Wildman–Crippen LogP) is 2.23.